The topological polar surface area (TPSA) is 100 Å². The van der Waals surface area contributed by atoms with Crippen LogP contribution in [0.15, 0.2) is 34.4 Å². The number of anilines is 1. The molecule has 1 N–H and O–H groups in total. The summed E-state index contributed by atoms with van der Waals surface area (Å²) in [4.78, 5) is 28.4. The second-order valence-electron chi connectivity index (χ2n) is 9.50. The SMILES string of the molecule is CCCC1=NN(c2ccc([N+](=O)[O-])cc2)C(=O)[C@H]1C=NC1CC(C)(C)NC(C)(C)C1. The second kappa shape index (κ2) is 8.26. The van der Waals surface area contributed by atoms with Crippen LogP contribution in [0.1, 0.15) is 60.3 Å². The molecule has 0 spiro atoms. The molecule has 0 bridgehead atoms. The number of hydrogen-bond acceptors (Lipinski definition) is 6. The molecule has 0 aliphatic carbocycles. The number of carbonyl (C=O) groups excluding carboxylic acids is 1. The number of hydrogen-bond donors (Lipinski definition) is 1. The van der Waals surface area contributed by atoms with Gasteiger partial charge in [0.05, 0.1) is 22.4 Å². The second-order valence-corrected chi connectivity index (χ2v) is 9.50. The molecule has 1 aromatic carbocycles. The van der Waals surface area contributed by atoms with Gasteiger partial charge in [0.2, 0.25) is 0 Å². The summed E-state index contributed by atoms with van der Waals surface area (Å²) in [6.07, 6.45) is 5.15. The number of nitrogens with one attached hydrogen (secondary N) is 1. The summed E-state index contributed by atoms with van der Waals surface area (Å²) in [6.45, 7) is 10.8. The molecule has 1 amide bonds. The number of hydrazone groups is 1. The average Bonchev–Trinajstić information content (AvgIpc) is 2.93. The van der Waals surface area contributed by atoms with Gasteiger partial charge in [0.25, 0.3) is 11.6 Å². The quantitative estimate of drug-likeness (QED) is 0.431. The maximum absolute atomic E-state index is 13.1. The van der Waals surface area contributed by atoms with Crippen molar-refractivity contribution in [2.24, 2.45) is 16.0 Å². The number of amides is 1. The minimum absolute atomic E-state index is 0.0163. The van der Waals surface area contributed by atoms with Gasteiger partial charge in [-0.25, -0.2) is 0 Å². The largest absolute Gasteiger partial charge is 0.307 e. The molecule has 1 atom stereocenters. The maximum Gasteiger partial charge on any atom is 0.269 e. The number of benzene rings is 1. The van der Waals surface area contributed by atoms with E-state index >= 15 is 0 Å². The first-order valence-electron chi connectivity index (χ1n) is 10.5. The Labute approximate surface area is 177 Å². The summed E-state index contributed by atoms with van der Waals surface area (Å²) < 4.78 is 0. The van der Waals surface area contributed by atoms with Gasteiger partial charge in [0.15, 0.2) is 0 Å². The van der Waals surface area contributed by atoms with Crippen molar-refractivity contribution in [1.82, 2.24) is 5.32 Å². The molecule has 30 heavy (non-hydrogen) atoms. The predicted molar refractivity (Wildman–Crippen MR) is 119 cm³/mol. The van der Waals surface area contributed by atoms with E-state index in [-0.39, 0.29) is 28.7 Å². The van der Waals surface area contributed by atoms with Gasteiger partial charge in [0, 0.05) is 29.4 Å². The molecule has 8 nitrogen and oxygen atoms in total. The lowest BCUT2D eigenvalue weighted by molar-refractivity contribution is -0.384. The normalized spacial score (nSPS) is 23.8. The van der Waals surface area contributed by atoms with Gasteiger partial charge in [-0.05, 0) is 59.1 Å². The lowest BCUT2D eigenvalue weighted by atomic mass is 9.80. The van der Waals surface area contributed by atoms with Gasteiger partial charge in [-0.1, -0.05) is 13.3 Å². The summed E-state index contributed by atoms with van der Waals surface area (Å²) in [5.74, 6) is -0.648. The summed E-state index contributed by atoms with van der Waals surface area (Å²) in [5.41, 5.74) is 1.26. The number of aliphatic imine (C=N–C) groups is 1. The number of rotatable bonds is 6. The van der Waals surface area contributed by atoms with Gasteiger partial charge in [0.1, 0.15) is 5.92 Å². The minimum atomic E-state index is -0.485. The Morgan fingerprint density at radius 3 is 2.37 bits per heavy atom. The van der Waals surface area contributed by atoms with Crippen LogP contribution >= 0.6 is 0 Å². The van der Waals surface area contributed by atoms with Gasteiger partial charge in [-0.3, -0.25) is 19.9 Å². The number of piperidine rings is 1. The van der Waals surface area contributed by atoms with Crippen LogP contribution < -0.4 is 10.3 Å². The zero-order chi connectivity index (χ0) is 22.1. The van der Waals surface area contributed by atoms with Crippen LogP contribution in [0.25, 0.3) is 0 Å². The molecule has 2 aliphatic rings. The molecule has 0 aromatic heterocycles. The van der Waals surface area contributed by atoms with Gasteiger partial charge in [-0.15, -0.1) is 0 Å². The first-order valence-corrected chi connectivity index (χ1v) is 10.5. The molecule has 162 valence electrons. The smallest absolute Gasteiger partial charge is 0.269 e. The van der Waals surface area contributed by atoms with E-state index in [9.17, 15) is 14.9 Å². The molecular formula is C22H31N5O3. The Bertz CT molecular complexity index is 857. The molecule has 8 heteroatoms. The summed E-state index contributed by atoms with van der Waals surface area (Å²) in [6, 6.07) is 6.03. The fourth-order valence-electron chi connectivity index (χ4n) is 4.61. The fourth-order valence-corrected chi connectivity index (χ4v) is 4.61. The number of non-ortho nitro benzene ring substituents is 1. The van der Waals surface area contributed by atoms with Crippen molar-refractivity contribution in [3.05, 3.63) is 34.4 Å². The first kappa shape index (κ1) is 22.1. The third-order valence-electron chi connectivity index (χ3n) is 5.49. The highest BCUT2D eigenvalue weighted by molar-refractivity contribution is 6.24. The van der Waals surface area contributed by atoms with E-state index in [1.165, 1.54) is 17.1 Å². The molecular weight excluding hydrogens is 382 g/mol. The van der Waals surface area contributed by atoms with Crippen LogP contribution in [-0.4, -0.2) is 39.9 Å². The van der Waals surface area contributed by atoms with E-state index in [2.05, 4.69) is 38.1 Å². The Hall–Kier alpha value is -2.61. The van der Waals surface area contributed by atoms with Crippen molar-refractivity contribution in [3.8, 4) is 0 Å². The standard InChI is InChI=1S/C22H31N5O3/c1-6-7-19-18(14-23-15-12-21(2,3)25-22(4,5)13-15)20(28)26(24-19)16-8-10-17(11-9-16)27(29)30/h8-11,14-15,18,25H,6-7,12-13H2,1-5H3/t18-/m0/s1. The van der Waals surface area contributed by atoms with Crippen molar-refractivity contribution in [2.45, 2.75) is 77.4 Å². The minimum Gasteiger partial charge on any atom is -0.307 e. The summed E-state index contributed by atoms with van der Waals surface area (Å²) in [7, 11) is 0. The fraction of sp³-hybridized carbons (Fsp3) is 0.591. The molecule has 2 aliphatic heterocycles. The van der Waals surface area contributed by atoms with Crippen molar-refractivity contribution in [1.29, 1.82) is 0 Å². The Kier molecular flexibility index (Phi) is 6.08. The van der Waals surface area contributed by atoms with Crippen LogP contribution in [0.2, 0.25) is 0 Å². The van der Waals surface area contributed by atoms with Crippen LogP contribution in [0.4, 0.5) is 11.4 Å². The van der Waals surface area contributed by atoms with Crippen LogP contribution in [0, 0.1) is 16.0 Å². The van der Waals surface area contributed by atoms with E-state index in [0.29, 0.717) is 12.1 Å². The molecule has 3 rings (SSSR count). The lowest BCUT2D eigenvalue weighted by Gasteiger charge is -2.45. The summed E-state index contributed by atoms with van der Waals surface area (Å²) >= 11 is 0. The lowest BCUT2D eigenvalue weighted by Crippen LogP contribution is -2.58. The molecule has 0 saturated carbocycles. The number of nitro benzene ring substituents is 1. The highest BCUT2D eigenvalue weighted by atomic mass is 16.6. The van der Waals surface area contributed by atoms with Crippen LogP contribution in [-0.2, 0) is 4.79 Å². The van der Waals surface area contributed by atoms with E-state index in [4.69, 9.17) is 4.99 Å². The van der Waals surface area contributed by atoms with Crippen LogP contribution in [0.3, 0.4) is 0 Å². The predicted octanol–water partition coefficient (Wildman–Crippen LogP) is 4.09. The van der Waals surface area contributed by atoms with Crippen molar-refractivity contribution < 1.29 is 9.72 Å². The molecule has 2 heterocycles. The van der Waals surface area contributed by atoms with Crippen molar-refractivity contribution in [3.63, 3.8) is 0 Å². The molecule has 1 fully saturated rings. The van der Waals surface area contributed by atoms with E-state index in [1.54, 1.807) is 18.3 Å². The van der Waals surface area contributed by atoms with Gasteiger partial charge >= 0.3 is 0 Å². The third-order valence-corrected chi connectivity index (χ3v) is 5.49. The third kappa shape index (κ3) is 4.92. The van der Waals surface area contributed by atoms with Gasteiger partial charge < -0.3 is 5.32 Å². The zero-order valence-corrected chi connectivity index (χ0v) is 18.4. The maximum atomic E-state index is 13.1. The number of nitrogens with zero attached hydrogens (tertiary/aromatic N) is 4. The number of carbonyl (C=O) groups is 1. The van der Waals surface area contributed by atoms with Crippen LogP contribution in [0.5, 0.6) is 0 Å². The van der Waals surface area contributed by atoms with Crippen molar-refractivity contribution >= 4 is 29.2 Å². The highest BCUT2D eigenvalue weighted by Gasteiger charge is 2.39. The molecule has 1 aromatic rings. The molecule has 0 unspecified atom stereocenters. The van der Waals surface area contributed by atoms with E-state index < -0.39 is 10.8 Å². The molecule has 0 radical (unpaired) electrons. The monoisotopic (exact) mass is 413 g/mol. The molecule has 1 saturated heterocycles. The van der Waals surface area contributed by atoms with E-state index in [1.807, 2.05) is 6.92 Å². The van der Waals surface area contributed by atoms with Gasteiger partial charge in [-0.2, -0.15) is 10.1 Å². The Morgan fingerprint density at radius 2 is 1.83 bits per heavy atom. The average molecular weight is 414 g/mol. The summed E-state index contributed by atoms with van der Waals surface area (Å²) in [5, 5.41) is 20.4. The zero-order valence-electron chi connectivity index (χ0n) is 18.4. The highest BCUT2D eigenvalue weighted by Crippen LogP contribution is 2.31. The first-order chi connectivity index (χ1) is 14.0. The van der Waals surface area contributed by atoms with Crippen molar-refractivity contribution in [2.75, 3.05) is 5.01 Å². The van der Waals surface area contributed by atoms with E-state index in [0.717, 1.165) is 25.0 Å². The number of nitro groups is 1. The Balaban J connectivity index is 1.81. The Morgan fingerprint density at radius 1 is 1.23 bits per heavy atom.